The molecule has 9 heteroatoms. The van der Waals surface area contributed by atoms with Crippen LogP contribution in [0.2, 0.25) is 0 Å². The van der Waals surface area contributed by atoms with Crippen LogP contribution in [0.3, 0.4) is 0 Å². The van der Waals surface area contributed by atoms with Gasteiger partial charge in [-0.2, -0.15) is 0 Å². The van der Waals surface area contributed by atoms with Crippen molar-refractivity contribution in [1.29, 1.82) is 0 Å². The molecule has 0 saturated carbocycles. The first-order chi connectivity index (χ1) is 17.2. The molecule has 0 atom stereocenters. The fourth-order valence-electron chi connectivity index (χ4n) is 4.18. The molecule has 0 aliphatic carbocycles. The minimum absolute atomic E-state index is 0.408. The van der Waals surface area contributed by atoms with Gasteiger partial charge in [-0.25, -0.2) is 14.1 Å². The van der Waals surface area contributed by atoms with Crippen LogP contribution in [0.5, 0.6) is 11.5 Å². The number of phenolic OH excluding ortho intramolecular Hbond substituents is 1. The van der Waals surface area contributed by atoms with Gasteiger partial charge < -0.3 is 19.5 Å². The molecule has 1 aliphatic heterocycles. The summed E-state index contributed by atoms with van der Waals surface area (Å²) in [5.74, 6) is -0.355. The van der Waals surface area contributed by atoms with Crippen LogP contribution in [0.25, 0.3) is 28.0 Å². The van der Waals surface area contributed by atoms with Crippen molar-refractivity contribution in [1.82, 2.24) is 24.9 Å². The van der Waals surface area contributed by atoms with Crippen molar-refractivity contribution in [3.8, 4) is 28.6 Å². The molecule has 5 rings (SSSR count). The highest BCUT2D eigenvalue weighted by Crippen LogP contribution is 2.24. The maximum absolute atomic E-state index is 13.7. The first-order valence-electron chi connectivity index (χ1n) is 11.9. The Bertz CT molecular complexity index is 1290. The minimum Gasteiger partial charge on any atom is -0.505 e. The van der Waals surface area contributed by atoms with E-state index in [1.54, 1.807) is 12.3 Å². The summed E-state index contributed by atoms with van der Waals surface area (Å²) in [7, 11) is 0. The average molecular weight is 478 g/mol. The summed E-state index contributed by atoms with van der Waals surface area (Å²) in [6.45, 7) is 5.15. The summed E-state index contributed by atoms with van der Waals surface area (Å²) in [5.41, 5.74) is 2.47. The van der Waals surface area contributed by atoms with Gasteiger partial charge in [0.25, 0.3) is 0 Å². The average Bonchev–Trinajstić information content (AvgIpc) is 3.38. The summed E-state index contributed by atoms with van der Waals surface area (Å²) in [6, 6.07) is 13.6. The van der Waals surface area contributed by atoms with Crippen LogP contribution < -0.4 is 4.74 Å². The van der Waals surface area contributed by atoms with E-state index in [2.05, 4.69) is 20.2 Å². The Morgan fingerprint density at radius 3 is 2.66 bits per heavy atom. The van der Waals surface area contributed by atoms with E-state index in [0.29, 0.717) is 30.3 Å². The van der Waals surface area contributed by atoms with E-state index in [1.165, 1.54) is 49.2 Å². The number of fused-ring (bicyclic) bond motifs is 1. The van der Waals surface area contributed by atoms with E-state index in [0.717, 1.165) is 29.8 Å². The molecule has 1 N–H and O–H groups in total. The molecule has 4 aromatic rings. The number of aromatic nitrogens is 4. The Morgan fingerprint density at radius 1 is 0.914 bits per heavy atom. The number of nitrogens with zero attached hydrogens (tertiary/aromatic N) is 5. The maximum atomic E-state index is 13.7. The van der Waals surface area contributed by atoms with E-state index < -0.39 is 11.6 Å². The molecule has 0 radical (unpaired) electrons. The van der Waals surface area contributed by atoms with Crippen molar-refractivity contribution in [2.24, 2.45) is 0 Å². The van der Waals surface area contributed by atoms with Gasteiger partial charge in [-0.1, -0.05) is 17.7 Å². The molecule has 1 fully saturated rings. The van der Waals surface area contributed by atoms with Crippen LogP contribution in [0.15, 0.2) is 54.7 Å². The lowest BCUT2D eigenvalue weighted by atomic mass is 10.1. The second kappa shape index (κ2) is 10.8. The Labute approximate surface area is 202 Å². The molecule has 2 aromatic carbocycles. The molecular formula is C26H28FN5O3. The number of ether oxygens (including phenoxy) is 2. The molecule has 2 aromatic heterocycles. The number of hydrogen-bond donors (Lipinski definition) is 1. The lowest BCUT2D eigenvalue weighted by Gasteiger charge is -2.26. The highest BCUT2D eigenvalue weighted by atomic mass is 19.1. The van der Waals surface area contributed by atoms with Gasteiger partial charge >= 0.3 is 0 Å². The zero-order valence-corrected chi connectivity index (χ0v) is 19.4. The Kier molecular flexibility index (Phi) is 7.15. The summed E-state index contributed by atoms with van der Waals surface area (Å²) >= 11 is 0. The number of benzene rings is 2. The highest BCUT2D eigenvalue weighted by molar-refractivity contribution is 5.82. The zero-order chi connectivity index (χ0) is 24.0. The lowest BCUT2D eigenvalue weighted by molar-refractivity contribution is 0.0751. The minimum atomic E-state index is -0.717. The molecule has 3 heterocycles. The highest BCUT2D eigenvalue weighted by Gasteiger charge is 2.11. The number of halogens is 1. The van der Waals surface area contributed by atoms with E-state index >= 15 is 0 Å². The van der Waals surface area contributed by atoms with Crippen molar-refractivity contribution in [3.05, 3.63) is 60.5 Å². The quantitative estimate of drug-likeness (QED) is 0.362. The summed E-state index contributed by atoms with van der Waals surface area (Å²) < 4.78 is 26.7. The number of likely N-dealkylation sites (tertiary alicyclic amines) is 1. The molecule has 0 bridgehead atoms. The van der Waals surface area contributed by atoms with Crippen LogP contribution in [-0.2, 0) is 4.74 Å². The molecular weight excluding hydrogens is 449 g/mol. The second-order valence-electron chi connectivity index (χ2n) is 8.60. The Morgan fingerprint density at radius 2 is 1.80 bits per heavy atom. The molecule has 35 heavy (non-hydrogen) atoms. The molecule has 1 saturated heterocycles. The maximum Gasteiger partial charge on any atom is 0.166 e. The molecule has 0 amide bonds. The predicted molar refractivity (Wildman–Crippen MR) is 130 cm³/mol. The summed E-state index contributed by atoms with van der Waals surface area (Å²) in [6.07, 6.45) is 5.60. The van der Waals surface area contributed by atoms with E-state index in [9.17, 15) is 9.50 Å². The van der Waals surface area contributed by atoms with Gasteiger partial charge in [0, 0.05) is 18.0 Å². The van der Waals surface area contributed by atoms with Gasteiger partial charge in [-0.15, -0.1) is 5.10 Å². The smallest absolute Gasteiger partial charge is 0.166 e. The normalized spacial score (nSPS) is 14.4. The molecule has 182 valence electrons. The third-order valence-corrected chi connectivity index (χ3v) is 6.11. The number of hydrogen-bond acceptors (Lipinski definition) is 7. The first kappa shape index (κ1) is 23.2. The Hall–Kier alpha value is -3.56. The first-order valence-corrected chi connectivity index (χ1v) is 11.9. The summed E-state index contributed by atoms with van der Waals surface area (Å²) in [5, 5.41) is 18.5. The molecule has 1 aliphatic rings. The van der Waals surface area contributed by atoms with E-state index in [1.807, 2.05) is 30.3 Å². The number of phenols is 1. The fourth-order valence-corrected chi connectivity index (χ4v) is 4.18. The van der Waals surface area contributed by atoms with E-state index in [4.69, 9.17) is 9.47 Å². The molecule has 0 unspecified atom stereocenters. The zero-order valence-electron chi connectivity index (χ0n) is 19.4. The van der Waals surface area contributed by atoms with Crippen molar-refractivity contribution < 1.29 is 19.0 Å². The largest absolute Gasteiger partial charge is 0.505 e. The van der Waals surface area contributed by atoms with Crippen LogP contribution in [0, 0.1) is 5.82 Å². The van der Waals surface area contributed by atoms with Crippen LogP contribution in [-0.4, -0.2) is 69.4 Å². The van der Waals surface area contributed by atoms with Crippen molar-refractivity contribution in [2.45, 2.75) is 19.3 Å². The molecule has 8 nitrogen and oxygen atoms in total. The molecule has 0 spiro atoms. The second-order valence-corrected chi connectivity index (χ2v) is 8.60. The van der Waals surface area contributed by atoms with Gasteiger partial charge in [0.2, 0.25) is 0 Å². The van der Waals surface area contributed by atoms with Crippen molar-refractivity contribution >= 4 is 10.9 Å². The lowest BCUT2D eigenvalue weighted by Crippen LogP contribution is -2.32. The topological polar surface area (TPSA) is 85.5 Å². The number of rotatable bonds is 9. The fraction of sp³-hybridized carbons (Fsp3) is 0.346. The standard InChI is InChI=1S/C26H28FN5O3/c27-22-17-20(5-9-26(22)33)32-18-25(29-30-32)24-7-4-19-16-21(6-8-23(19)28-24)35-15-14-34-13-12-31-10-2-1-3-11-31/h4-9,16-18,33H,1-3,10-15H2. The van der Waals surface area contributed by atoms with Crippen molar-refractivity contribution in [2.75, 3.05) is 39.5 Å². The van der Waals surface area contributed by atoms with Crippen LogP contribution >= 0.6 is 0 Å². The van der Waals surface area contributed by atoms with Gasteiger partial charge in [-0.05, 0) is 62.3 Å². The Balaban J connectivity index is 1.16. The number of pyridine rings is 1. The summed E-state index contributed by atoms with van der Waals surface area (Å²) in [4.78, 5) is 7.14. The van der Waals surface area contributed by atoms with E-state index in [-0.39, 0.29) is 0 Å². The number of aromatic hydroxyl groups is 1. The predicted octanol–water partition coefficient (Wildman–Crippen LogP) is 4.21. The third-order valence-electron chi connectivity index (χ3n) is 6.11. The SMILES string of the molecule is Oc1ccc(-n2cc(-c3ccc4cc(OCCOCCN5CCCCC5)ccc4n3)nn2)cc1F. The number of piperidine rings is 1. The van der Waals surface area contributed by atoms with Gasteiger partial charge in [0.05, 0.1) is 36.3 Å². The third kappa shape index (κ3) is 5.75. The monoisotopic (exact) mass is 477 g/mol. The van der Waals surface area contributed by atoms with Gasteiger partial charge in [0.15, 0.2) is 11.6 Å². The van der Waals surface area contributed by atoms with Gasteiger partial charge in [0.1, 0.15) is 18.1 Å². The van der Waals surface area contributed by atoms with Gasteiger partial charge in [-0.3, -0.25) is 0 Å². The van der Waals surface area contributed by atoms with Crippen LogP contribution in [0.1, 0.15) is 19.3 Å². The van der Waals surface area contributed by atoms with Crippen molar-refractivity contribution in [3.63, 3.8) is 0 Å². The van der Waals surface area contributed by atoms with Crippen LogP contribution in [0.4, 0.5) is 4.39 Å².